The zero-order valence-corrected chi connectivity index (χ0v) is 13.5. The molecule has 0 aliphatic carbocycles. The molecule has 5 heteroatoms. The van der Waals surface area contributed by atoms with E-state index in [9.17, 15) is 9.18 Å². The summed E-state index contributed by atoms with van der Waals surface area (Å²) >= 11 is 0. The molecule has 0 saturated heterocycles. The Balaban J connectivity index is 2.15. The maximum Gasteiger partial charge on any atom is 0.227 e. The lowest BCUT2D eigenvalue weighted by Crippen LogP contribution is -2.45. The van der Waals surface area contributed by atoms with Crippen molar-refractivity contribution < 1.29 is 9.18 Å². The van der Waals surface area contributed by atoms with Crippen LogP contribution in [-0.4, -0.2) is 26.1 Å². The Labute approximate surface area is 130 Å². The van der Waals surface area contributed by atoms with Gasteiger partial charge in [-0.3, -0.25) is 9.48 Å². The number of halogens is 1. The Hall–Kier alpha value is -2.17. The summed E-state index contributed by atoms with van der Waals surface area (Å²) in [5.74, 6) is -0.238. The van der Waals surface area contributed by atoms with Crippen molar-refractivity contribution in [3.05, 3.63) is 53.6 Å². The van der Waals surface area contributed by atoms with Crippen LogP contribution in [0.5, 0.6) is 0 Å². The molecular formula is C17H22FN3O. The smallest absolute Gasteiger partial charge is 0.227 e. The Kier molecular flexibility index (Phi) is 4.64. The fourth-order valence-electron chi connectivity index (χ4n) is 2.31. The highest BCUT2D eigenvalue weighted by Crippen LogP contribution is 2.19. The average Bonchev–Trinajstić information content (AvgIpc) is 2.81. The molecular weight excluding hydrogens is 281 g/mol. The highest BCUT2D eigenvalue weighted by atomic mass is 19.1. The number of carbonyl (C=O) groups excluding carboxylic acids is 1. The number of hydrogen-bond donors (Lipinski definition) is 0. The van der Waals surface area contributed by atoms with Crippen molar-refractivity contribution in [3.8, 4) is 0 Å². The summed E-state index contributed by atoms with van der Waals surface area (Å²) in [5.41, 5.74) is 1.49. The van der Waals surface area contributed by atoms with Gasteiger partial charge in [-0.15, -0.1) is 0 Å². The third-order valence-electron chi connectivity index (χ3n) is 3.48. The van der Waals surface area contributed by atoms with Gasteiger partial charge >= 0.3 is 0 Å². The molecule has 1 heterocycles. The van der Waals surface area contributed by atoms with Crippen molar-refractivity contribution in [2.45, 2.75) is 39.3 Å². The first-order valence-electron chi connectivity index (χ1n) is 7.28. The Bertz CT molecular complexity index is 641. The van der Waals surface area contributed by atoms with Crippen molar-refractivity contribution >= 4 is 5.91 Å². The summed E-state index contributed by atoms with van der Waals surface area (Å²) in [6, 6.07) is 6.26. The topological polar surface area (TPSA) is 38.1 Å². The molecule has 1 aromatic heterocycles. The fraction of sp³-hybridized carbons (Fsp3) is 0.412. The lowest BCUT2D eigenvalue weighted by atomic mass is 10.0. The molecule has 1 aromatic carbocycles. The summed E-state index contributed by atoms with van der Waals surface area (Å²) in [7, 11) is 1.83. The number of hydrogen-bond acceptors (Lipinski definition) is 2. The molecule has 4 nitrogen and oxygen atoms in total. The maximum absolute atomic E-state index is 13.0. The molecule has 0 spiro atoms. The van der Waals surface area contributed by atoms with E-state index in [1.165, 1.54) is 12.1 Å². The third-order valence-corrected chi connectivity index (χ3v) is 3.48. The van der Waals surface area contributed by atoms with E-state index in [2.05, 4.69) is 5.10 Å². The first-order chi connectivity index (χ1) is 10.3. The second-order valence-corrected chi connectivity index (χ2v) is 6.48. The molecule has 0 atom stereocenters. The molecule has 0 unspecified atom stereocenters. The number of carbonyl (C=O) groups is 1. The summed E-state index contributed by atoms with van der Waals surface area (Å²) in [6.07, 6.45) is 3.86. The normalized spacial score (nSPS) is 11.5. The predicted molar refractivity (Wildman–Crippen MR) is 83.6 cm³/mol. The molecule has 0 aliphatic rings. The summed E-state index contributed by atoms with van der Waals surface area (Å²) in [4.78, 5) is 14.5. The molecule has 1 amide bonds. The van der Waals surface area contributed by atoms with Crippen LogP contribution in [0.4, 0.5) is 4.39 Å². The van der Waals surface area contributed by atoms with Gasteiger partial charge in [0.25, 0.3) is 0 Å². The minimum absolute atomic E-state index is 0.0322. The summed E-state index contributed by atoms with van der Waals surface area (Å²) in [6.45, 7) is 6.45. The summed E-state index contributed by atoms with van der Waals surface area (Å²) < 4.78 is 14.7. The number of benzene rings is 1. The van der Waals surface area contributed by atoms with Crippen LogP contribution in [0.25, 0.3) is 0 Å². The molecule has 0 radical (unpaired) electrons. The second kappa shape index (κ2) is 6.30. The number of amides is 1. The minimum Gasteiger partial charge on any atom is -0.333 e. The highest BCUT2D eigenvalue weighted by molar-refractivity contribution is 5.79. The van der Waals surface area contributed by atoms with Crippen molar-refractivity contribution in [2.24, 2.45) is 7.05 Å². The number of aromatic nitrogens is 2. The Morgan fingerprint density at radius 3 is 2.36 bits per heavy atom. The van der Waals surface area contributed by atoms with E-state index in [1.54, 1.807) is 23.0 Å². The molecule has 0 aliphatic heterocycles. The van der Waals surface area contributed by atoms with E-state index in [1.807, 2.05) is 38.9 Å². The lowest BCUT2D eigenvalue weighted by Gasteiger charge is -2.36. The van der Waals surface area contributed by atoms with Gasteiger partial charge in [-0.1, -0.05) is 12.1 Å². The average molecular weight is 303 g/mol. The van der Waals surface area contributed by atoms with Crippen LogP contribution in [0, 0.1) is 5.82 Å². The van der Waals surface area contributed by atoms with E-state index in [0.29, 0.717) is 13.0 Å². The lowest BCUT2D eigenvalue weighted by molar-refractivity contribution is -0.136. The van der Waals surface area contributed by atoms with Crippen LogP contribution in [0.1, 0.15) is 31.9 Å². The molecule has 2 aromatic rings. The quantitative estimate of drug-likeness (QED) is 0.871. The van der Waals surface area contributed by atoms with Gasteiger partial charge in [-0.05, 0) is 44.0 Å². The molecule has 2 rings (SSSR count). The molecule has 0 fully saturated rings. The molecule has 0 saturated carbocycles. The van der Waals surface area contributed by atoms with Crippen LogP contribution < -0.4 is 0 Å². The van der Waals surface area contributed by atoms with Gasteiger partial charge in [0, 0.05) is 25.3 Å². The van der Waals surface area contributed by atoms with Gasteiger partial charge in [0.2, 0.25) is 5.91 Å². The van der Waals surface area contributed by atoms with E-state index < -0.39 is 0 Å². The number of aryl methyl sites for hydroxylation is 1. The first kappa shape index (κ1) is 16.2. The summed E-state index contributed by atoms with van der Waals surface area (Å²) in [5, 5.41) is 4.09. The Morgan fingerprint density at radius 2 is 1.86 bits per heavy atom. The number of rotatable bonds is 4. The first-order valence-corrected chi connectivity index (χ1v) is 7.28. The largest absolute Gasteiger partial charge is 0.333 e. The van der Waals surface area contributed by atoms with Crippen molar-refractivity contribution in [3.63, 3.8) is 0 Å². The zero-order chi connectivity index (χ0) is 16.3. The fourth-order valence-corrected chi connectivity index (χ4v) is 2.31. The van der Waals surface area contributed by atoms with Gasteiger partial charge in [-0.25, -0.2) is 4.39 Å². The molecule has 118 valence electrons. The SMILES string of the molecule is Cn1cc(CC(=O)N(Cc2ccc(F)cc2)C(C)(C)C)cn1. The highest BCUT2D eigenvalue weighted by Gasteiger charge is 2.26. The third kappa shape index (κ3) is 4.16. The van der Waals surface area contributed by atoms with Crippen LogP contribution in [-0.2, 0) is 24.8 Å². The Morgan fingerprint density at radius 1 is 1.23 bits per heavy atom. The number of nitrogens with zero attached hydrogens (tertiary/aromatic N) is 3. The van der Waals surface area contributed by atoms with Crippen LogP contribution in [0.15, 0.2) is 36.7 Å². The molecule has 22 heavy (non-hydrogen) atoms. The van der Waals surface area contributed by atoms with Crippen LogP contribution in [0.2, 0.25) is 0 Å². The van der Waals surface area contributed by atoms with E-state index in [0.717, 1.165) is 11.1 Å². The van der Waals surface area contributed by atoms with E-state index in [4.69, 9.17) is 0 Å². The van der Waals surface area contributed by atoms with Gasteiger partial charge < -0.3 is 4.90 Å². The van der Waals surface area contributed by atoms with Gasteiger partial charge in [0.15, 0.2) is 0 Å². The molecule has 0 N–H and O–H groups in total. The van der Waals surface area contributed by atoms with Crippen LogP contribution >= 0.6 is 0 Å². The van der Waals surface area contributed by atoms with Gasteiger partial charge in [-0.2, -0.15) is 5.10 Å². The van der Waals surface area contributed by atoms with Gasteiger partial charge in [0.05, 0.1) is 12.6 Å². The van der Waals surface area contributed by atoms with E-state index >= 15 is 0 Å². The van der Waals surface area contributed by atoms with Crippen molar-refractivity contribution in [1.29, 1.82) is 0 Å². The standard InChI is InChI=1S/C17H22FN3O/c1-17(2,3)21(12-13-5-7-15(18)8-6-13)16(22)9-14-10-19-20(4)11-14/h5-8,10-11H,9,12H2,1-4H3. The molecule has 0 bridgehead atoms. The maximum atomic E-state index is 13.0. The predicted octanol–water partition coefficient (Wildman–Crippen LogP) is 2.93. The van der Waals surface area contributed by atoms with Crippen molar-refractivity contribution in [1.82, 2.24) is 14.7 Å². The zero-order valence-electron chi connectivity index (χ0n) is 13.5. The monoisotopic (exact) mass is 303 g/mol. The second-order valence-electron chi connectivity index (χ2n) is 6.48. The van der Waals surface area contributed by atoms with Crippen molar-refractivity contribution in [2.75, 3.05) is 0 Å². The van der Waals surface area contributed by atoms with Crippen LogP contribution in [0.3, 0.4) is 0 Å². The van der Waals surface area contributed by atoms with Gasteiger partial charge in [0.1, 0.15) is 5.82 Å². The minimum atomic E-state index is -0.312. The van der Waals surface area contributed by atoms with E-state index in [-0.39, 0.29) is 17.3 Å².